The van der Waals surface area contributed by atoms with Gasteiger partial charge in [-0.3, -0.25) is 0 Å². The average molecular weight is 258 g/mol. The number of aromatic hydroxyl groups is 1. The normalized spacial score (nSPS) is 12.9. The maximum atomic E-state index is 12.5. The lowest BCUT2D eigenvalue weighted by Crippen LogP contribution is -2.14. The van der Waals surface area contributed by atoms with E-state index >= 15 is 0 Å². The molecule has 1 aromatic carbocycles. The Bertz CT molecular complexity index is 418. The first kappa shape index (κ1) is 13.7. The third kappa shape index (κ3) is 2.65. The Hall–Kier alpha value is -1.40. The van der Waals surface area contributed by atoms with Gasteiger partial charge in [0, 0.05) is 0 Å². The SMILES string of the molecule is CCc1ccc(C(F)(F)F)c(O)c1C(F)(F)F. The molecule has 0 bridgehead atoms. The topological polar surface area (TPSA) is 20.2 Å². The van der Waals surface area contributed by atoms with Crippen molar-refractivity contribution in [2.75, 3.05) is 0 Å². The molecule has 1 aromatic rings. The lowest BCUT2D eigenvalue weighted by Gasteiger charge is -2.17. The van der Waals surface area contributed by atoms with Crippen LogP contribution in [-0.2, 0) is 18.8 Å². The van der Waals surface area contributed by atoms with Gasteiger partial charge in [-0.05, 0) is 18.1 Å². The number of halogens is 6. The zero-order chi connectivity index (χ0) is 13.4. The molecular weight excluding hydrogens is 250 g/mol. The van der Waals surface area contributed by atoms with E-state index in [1.807, 2.05) is 0 Å². The zero-order valence-corrected chi connectivity index (χ0v) is 8.58. The molecule has 0 amide bonds. The van der Waals surface area contributed by atoms with Crippen LogP contribution in [0.25, 0.3) is 0 Å². The van der Waals surface area contributed by atoms with Crippen LogP contribution in [0.1, 0.15) is 23.6 Å². The summed E-state index contributed by atoms with van der Waals surface area (Å²) >= 11 is 0. The summed E-state index contributed by atoms with van der Waals surface area (Å²) in [6, 6.07) is 1.18. The number of aryl methyl sites for hydroxylation is 1. The van der Waals surface area contributed by atoms with E-state index in [1.54, 1.807) is 0 Å². The van der Waals surface area contributed by atoms with Crippen molar-refractivity contribution < 1.29 is 31.4 Å². The minimum atomic E-state index is -5.02. The minimum Gasteiger partial charge on any atom is -0.507 e. The van der Waals surface area contributed by atoms with Crippen LogP contribution in [0.3, 0.4) is 0 Å². The molecule has 0 heterocycles. The van der Waals surface area contributed by atoms with Gasteiger partial charge in [-0.2, -0.15) is 26.3 Å². The monoisotopic (exact) mass is 258 g/mol. The first-order valence-corrected chi connectivity index (χ1v) is 4.58. The first-order valence-electron chi connectivity index (χ1n) is 4.58. The van der Waals surface area contributed by atoms with Gasteiger partial charge < -0.3 is 5.11 Å². The van der Waals surface area contributed by atoms with Gasteiger partial charge in [0.2, 0.25) is 0 Å². The fourth-order valence-corrected chi connectivity index (χ4v) is 1.47. The van der Waals surface area contributed by atoms with Gasteiger partial charge in [0.25, 0.3) is 0 Å². The van der Waals surface area contributed by atoms with Crippen LogP contribution in [0.5, 0.6) is 5.75 Å². The standard InChI is InChI=1S/C10H8F6O/c1-2-5-3-4-6(9(11,12)13)8(17)7(5)10(14,15)16/h3-4,17H,2H2,1H3. The van der Waals surface area contributed by atoms with Crippen molar-refractivity contribution in [3.63, 3.8) is 0 Å². The minimum absolute atomic E-state index is 0.124. The summed E-state index contributed by atoms with van der Waals surface area (Å²) in [7, 11) is 0. The van der Waals surface area contributed by atoms with Crippen LogP contribution in [0, 0.1) is 0 Å². The number of phenols is 1. The third-order valence-corrected chi connectivity index (χ3v) is 2.23. The van der Waals surface area contributed by atoms with Gasteiger partial charge >= 0.3 is 12.4 Å². The second kappa shape index (κ2) is 4.12. The van der Waals surface area contributed by atoms with Crippen molar-refractivity contribution in [2.45, 2.75) is 25.7 Å². The van der Waals surface area contributed by atoms with E-state index in [0.29, 0.717) is 6.07 Å². The zero-order valence-electron chi connectivity index (χ0n) is 8.58. The van der Waals surface area contributed by atoms with Crippen LogP contribution in [0.4, 0.5) is 26.3 Å². The van der Waals surface area contributed by atoms with E-state index in [9.17, 15) is 26.3 Å². The molecule has 7 heteroatoms. The maximum absolute atomic E-state index is 12.5. The van der Waals surface area contributed by atoms with Gasteiger partial charge in [-0.1, -0.05) is 13.0 Å². The molecule has 0 atom stereocenters. The second-order valence-corrected chi connectivity index (χ2v) is 3.34. The Morgan fingerprint density at radius 1 is 1.00 bits per heavy atom. The van der Waals surface area contributed by atoms with E-state index in [-0.39, 0.29) is 12.0 Å². The fraction of sp³-hybridized carbons (Fsp3) is 0.400. The second-order valence-electron chi connectivity index (χ2n) is 3.34. The molecule has 1 rings (SSSR count). The molecule has 0 spiro atoms. The van der Waals surface area contributed by atoms with Crippen molar-refractivity contribution in [3.05, 3.63) is 28.8 Å². The van der Waals surface area contributed by atoms with Crippen molar-refractivity contribution >= 4 is 0 Å². The number of hydrogen-bond acceptors (Lipinski definition) is 1. The number of alkyl halides is 6. The molecule has 0 aliphatic rings. The highest BCUT2D eigenvalue weighted by molar-refractivity contribution is 5.48. The molecular formula is C10H8F6O. The Morgan fingerprint density at radius 3 is 1.88 bits per heavy atom. The van der Waals surface area contributed by atoms with E-state index in [1.165, 1.54) is 6.92 Å². The number of benzene rings is 1. The van der Waals surface area contributed by atoms with Gasteiger partial charge in [-0.25, -0.2) is 0 Å². The molecule has 0 fully saturated rings. The molecule has 0 aliphatic carbocycles. The molecule has 0 saturated heterocycles. The van der Waals surface area contributed by atoms with Crippen LogP contribution in [-0.4, -0.2) is 5.11 Å². The fourth-order valence-electron chi connectivity index (χ4n) is 1.47. The highest BCUT2D eigenvalue weighted by atomic mass is 19.4. The van der Waals surface area contributed by atoms with E-state index in [0.717, 1.165) is 6.07 Å². The van der Waals surface area contributed by atoms with Gasteiger partial charge in [0.05, 0.1) is 5.56 Å². The Kier molecular flexibility index (Phi) is 3.31. The van der Waals surface area contributed by atoms with E-state index in [4.69, 9.17) is 5.11 Å². The third-order valence-electron chi connectivity index (χ3n) is 2.23. The van der Waals surface area contributed by atoms with Crippen molar-refractivity contribution in [1.82, 2.24) is 0 Å². The molecule has 96 valence electrons. The first-order chi connectivity index (χ1) is 7.59. The predicted molar refractivity (Wildman–Crippen MR) is 47.5 cm³/mol. The summed E-state index contributed by atoms with van der Waals surface area (Å²) < 4.78 is 74.6. The van der Waals surface area contributed by atoms with Crippen LogP contribution < -0.4 is 0 Å². The highest BCUT2D eigenvalue weighted by Crippen LogP contribution is 2.45. The molecule has 1 nitrogen and oxygen atoms in total. The van der Waals surface area contributed by atoms with Crippen molar-refractivity contribution in [1.29, 1.82) is 0 Å². The van der Waals surface area contributed by atoms with E-state index in [2.05, 4.69) is 0 Å². The number of rotatable bonds is 1. The van der Waals surface area contributed by atoms with Crippen molar-refractivity contribution in [3.8, 4) is 5.75 Å². The Morgan fingerprint density at radius 2 is 1.53 bits per heavy atom. The van der Waals surface area contributed by atoms with Crippen LogP contribution >= 0.6 is 0 Å². The summed E-state index contributed by atoms with van der Waals surface area (Å²) in [6.45, 7) is 1.36. The number of phenolic OH excluding ortho intramolecular Hbond substituents is 1. The lowest BCUT2D eigenvalue weighted by atomic mass is 9.99. The average Bonchev–Trinajstić information content (AvgIpc) is 2.12. The summed E-state index contributed by atoms with van der Waals surface area (Å²) in [5.41, 5.74) is -3.67. The lowest BCUT2D eigenvalue weighted by molar-refractivity contribution is -0.145. The molecule has 0 aromatic heterocycles. The van der Waals surface area contributed by atoms with Gasteiger partial charge in [0.1, 0.15) is 11.3 Å². The van der Waals surface area contributed by atoms with E-state index < -0.39 is 29.2 Å². The Labute approximate surface area is 92.7 Å². The number of hydrogen-bond donors (Lipinski definition) is 1. The summed E-state index contributed by atoms with van der Waals surface area (Å²) in [5, 5.41) is 9.13. The summed E-state index contributed by atoms with van der Waals surface area (Å²) in [4.78, 5) is 0. The maximum Gasteiger partial charge on any atom is 0.420 e. The quantitative estimate of drug-likeness (QED) is 0.755. The van der Waals surface area contributed by atoms with Crippen LogP contribution in [0.2, 0.25) is 0 Å². The highest BCUT2D eigenvalue weighted by Gasteiger charge is 2.42. The largest absolute Gasteiger partial charge is 0.507 e. The van der Waals surface area contributed by atoms with Crippen molar-refractivity contribution in [2.24, 2.45) is 0 Å². The molecule has 0 aliphatic heterocycles. The van der Waals surface area contributed by atoms with Gasteiger partial charge in [0.15, 0.2) is 0 Å². The van der Waals surface area contributed by atoms with Crippen LogP contribution in [0.15, 0.2) is 12.1 Å². The Balaban J connectivity index is 3.55. The predicted octanol–water partition coefficient (Wildman–Crippen LogP) is 3.99. The summed E-state index contributed by atoms with van der Waals surface area (Å²) in [5.74, 6) is -1.76. The molecule has 0 radical (unpaired) electrons. The smallest absolute Gasteiger partial charge is 0.420 e. The summed E-state index contributed by atoms with van der Waals surface area (Å²) in [6.07, 6.45) is -10.2. The molecule has 0 saturated carbocycles. The molecule has 0 unspecified atom stereocenters. The molecule has 17 heavy (non-hydrogen) atoms. The van der Waals surface area contributed by atoms with Gasteiger partial charge in [-0.15, -0.1) is 0 Å². The molecule has 1 N–H and O–H groups in total.